The molecular formula is C27H36O4. The summed E-state index contributed by atoms with van der Waals surface area (Å²) >= 11 is 0. The Hall–Kier alpha value is -1.23. The van der Waals surface area contributed by atoms with E-state index in [9.17, 15) is 9.90 Å². The van der Waals surface area contributed by atoms with E-state index in [1.54, 1.807) is 12.2 Å². The van der Waals surface area contributed by atoms with Gasteiger partial charge in [-0.3, -0.25) is 4.79 Å². The molecule has 31 heavy (non-hydrogen) atoms. The molecule has 1 spiro atoms. The van der Waals surface area contributed by atoms with Gasteiger partial charge in [0.25, 0.3) is 0 Å². The van der Waals surface area contributed by atoms with E-state index >= 15 is 0 Å². The van der Waals surface area contributed by atoms with Crippen molar-refractivity contribution in [3.05, 3.63) is 36.0 Å². The minimum Gasteiger partial charge on any atom is -0.389 e. The lowest BCUT2D eigenvalue weighted by molar-refractivity contribution is -0.255. The third-order valence-corrected chi connectivity index (χ3v) is 10.6. The highest BCUT2D eigenvalue weighted by Crippen LogP contribution is 2.70. The number of allylic oxidation sites excluding steroid dienone is 3. The third-order valence-electron chi connectivity index (χ3n) is 10.6. The second-order valence-electron chi connectivity index (χ2n) is 11.8. The summed E-state index contributed by atoms with van der Waals surface area (Å²) in [5.41, 5.74) is 2.14. The van der Waals surface area contributed by atoms with Crippen LogP contribution in [0.4, 0.5) is 0 Å². The first-order chi connectivity index (χ1) is 14.7. The Morgan fingerprint density at radius 3 is 2.74 bits per heavy atom. The predicted molar refractivity (Wildman–Crippen MR) is 118 cm³/mol. The number of hydrogen-bond donors (Lipinski definition) is 1. The second kappa shape index (κ2) is 6.42. The van der Waals surface area contributed by atoms with Gasteiger partial charge in [0, 0.05) is 17.8 Å². The fraction of sp³-hybridized carbons (Fsp3) is 0.741. The Bertz CT molecular complexity index is 891. The van der Waals surface area contributed by atoms with Crippen LogP contribution in [0.1, 0.15) is 59.3 Å². The van der Waals surface area contributed by atoms with Crippen molar-refractivity contribution < 1.29 is 19.4 Å². The summed E-state index contributed by atoms with van der Waals surface area (Å²) in [5.74, 6) is 1.99. The number of ketones is 1. The summed E-state index contributed by atoms with van der Waals surface area (Å²) in [4.78, 5) is 12.0. The molecule has 6 rings (SSSR count). The monoisotopic (exact) mass is 424 g/mol. The highest BCUT2D eigenvalue weighted by atomic mass is 16.7. The average Bonchev–Trinajstić information content (AvgIpc) is 3.17. The van der Waals surface area contributed by atoms with Gasteiger partial charge in [0.15, 0.2) is 11.6 Å². The number of aliphatic hydroxyl groups is 1. The van der Waals surface area contributed by atoms with Gasteiger partial charge in [0.05, 0.1) is 18.8 Å². The highest BCUT2D eigenvalue weighted by molar-refractivity contribution is 6.01. The number of carbonyl (C=O) groups is 1. The molecule has 4 heteroatoms. The van der Waals surface area contributed by atoms with Crippen LogP contribution in [0.25, 0.3) is 0 Å². The molecule has 10 atom stereocenters. The summed E-state index contributed by atoms with van der Waals surface area (Å²) in [6, 6.07) is 0. The molecule has 0 bridgehead atoms. The molecule has 0 aromatic carbocycles. The first-order valence-corrected chi connectivity index (χ1v) is 12.3. The van der Waals surface area contributed by atoms with Gasteiger partial charge in [-0.1, -0.05) is 39.0 Å². The molecular weight excluding hydrogens is 388 g/mol. The number of aliphatic hydroxyl groups excluding tert-OH is 1. The van der Waals surface area contributed by atoms with Gasteiger partial charge in [-0.05, 0) is 78.9 Å². The van der Waals surface area contributed by atoms with Gasteiger partial charge >= 0.3 is 0 Å². The van der Waals surface area contributed by atoms with Crippen molar-refractivity contribution in [3.8, 4) is 0 Å². The lowest BCUT2D eigenvalue weighted by Gasteiger charge is -2.58. The van der Waals surface area contributed by atoms with E-state index in [-0.39, 0.29) is 22.7 Å². The Morgan fingerprint density at radius 2 is 2.00 bits per heavy atom. The summed E-state index contributed by atoms with van der Waals surface area (Å²) < 4.78 is 13.1. The quantitative estimate of drug-likeness (QED) is 0.578. The molecule has 10 unspecified atom stereocenters. The van der Waals surface area contributed by atoms with E-state index in [0.717, 1.165) is 37.7 Å². The summed E-state index contributed by atoms with van der Waals surface area (Å²) in [6.45, 7) is 11.8. The van der Waals surface area contributed by atoms with Gasteiger partial charge in [0.2, 0.25) is 0 Å². The van der Waals surface area contributed by atoms with Gasteiger partial charge in [-0.25, -0.2) is 0 Å². The number of carbonyl (C=O) groups excluding carboxylic acids is 1. The van der Waals surface area contributed by atoms with Crippen molar-refractivity contribution in [2.75, 3.05) is 6.61 Å². The zero-order valence-electron chi connectivity index (χ0n) is 19.1. The maximum absolute atomic E-state index is 12.0. The molecule has 168 valence electrons. The number of fused-ring (bicyclic) bond motifs is 7. The number of rotatable bonds is 0. The molecule has 0 aromatic rings. The van der Waals surface area contributed by atoms with Crippen LogP contribution in [0.15, 0.2) is 36.0 Å². The molecule has 0 aromatic heterocycles. The van der Waals surface area contributed by atoms with Gasteiger partial charge < -0.3 is 14.6 Å². The predicted octanol–water partition coefficient (Wildman–Crippen LogP) is 4.59. The smallest absolute Gasteiger partial charge is 0.178 e. The molecule has 5 fully saturated rings. The van der Waals surface area contributed by atoms with E-state index in [0.29, 0.717) is 36.2 Å². The lowest BCUT2D eigenvalue weighted by atomic mass is 9.46. The average molecular weight is 425 g/mol. The third kappa shape index (κ3) is 2.56. The summed E-state index contributed by atoms with van der Waals surface area (Å²) in [7, 11) is 0. The molecule has 4 nitrogen and oxygen atoms in total. The Kier molecular flexibility index (Phi) is 4.22. The fourth-order valence-corrected chi connectivity index (χ4v) is 9.10. The number of ether oxygens (including phenoxy) is 2. The van der Waals surface area contributed by atoms with E-state index in [4.69, 9.17) is 9.47 Å². The Balaban J connectivity index is 1.32. The molecule has 0 amide bonds. The van der Waals surface area contributed by atoms with Crippen LogP contribution < -0.4 is 0 Å². The zero-order valence-corrected chi connectivity index (χ0v) is 19.1. The van der Waals surface area contributed by atoms with E-state index in [1.165, 1.54) is 12.0 Å². The van der Waals surface area contributed by atoms with Crippen molar-refractivity contribution in [2.24, 2.45) is 40.4 Å². The normalized spacial score (nSPS) is 55.5. The highest BCUT2D eigenvalue weighted by Gasteiger charge is 2.69. The summed E-state index contributed by atoms with van der Waals surface area (Å²) in [6.07, 6.45) is 11.4. The van der Waals surface area contributed by atoms with E-state index in [1.807, 2.05) is 0 Å². The fourth-order valence-electron chi connectivity index (χ4n) is 9.10. The van der Waals surface area contributed by atoms with Crippen molar-refractivity contribution in [2.45, 2.75) is 77.3 Å². The standard InChI is InChI=1S/C27H36O4/c1-15-5-10-27(30-14-15)16(2)24-23(31-27)13-20-18-12-22(29)21-11-17(28)6-8-25(21,3)19(18)7-9-26(20,24)4/h6,8,11,16,18-20,22-24,29H,1,5,7,9-10,12-14H2,2-4H3. The van der Waals surface area contributed by atoms with E-state index < -0.39 is 11.9 Å². The van der Waals surface area contributed by atoms with Crippen LogP contribution >= 0.6 is 0 Å². The molecule has 0 radical (unpaired) electrons. The van der Waals surface area contributed by atoms with Crippen molar-refractivity contribution in [3.63, 3.8) is 0 Å². The topological polar surface area (TPSA) is 55.8 Å². The minimum absolute atomic E-state index is 0.0173. The van der Waals surface area contributed by atoms with Crippen molar-refractivity contribution >= 4 is 5.78 Å². The minimum atomic E-state index is -0.514. The molecule has 4 aliphatic carbocycles. The second-order valence-corrected chi connectivity index (χ2v) is 11.8. The van der Waals surface area contributed by atoms with E-state index in [2.05, 4.69) is 33.4 Å². The molecule has 6 aliphatic rings. The van der Waals surface area contributed by atoms with Crippen molar-refractivity contribution in [1.82, 2.24) is 0 Å². The first kappa shape index (κ1) is 20.4. The lowest BCUT2D eigenvalue weighted by Crippen LogP contribution is -2.54. The summed E-state index contributed by atoms with van der Waals surface area (Å²) in [5, 5.41) is 11.1. The Labute approximate surface area is 185 Å². The molecule has 2 heterocycles. The number of hydrogen-bond acceptors (Lipinski definition) is 4. The van der Waals surface area contributed by atoms with Crippen LogP contribution in [0.2, 0.25) is 0 Å². The SMILES string of the molecule is C=C1CCC2(OC1)OC1CC3C4CC(O)C5=CC(=O)C=CC5(C)C4CCC3(C)C1C2C. The molecule has 1 N–H and O–H groups in total. The van der Waals surface area contributed by atoms with Crippen molar-refractivity contribution in [1.29, 1.82) is 0 Å². The maximum Gasteiger partial charge on any atom is 0.178 e. The van der Waals surface area contributed by atoms with Crippen LogP contribution in [0.3, 0.4) is 0 Å². The Morgan fingerprint density at radius 1 is 1.19 bits per heavy atom. The van der Waals surface area contributed by atoms with Crippen LogP contribution in [-0.2, 0) is 14.3 Å². The molecule has 2 aliphatic heterocycles. The van der Waals surface area contributed by atoms with Crippen LogP contribution in [0.5, 0.6) is 0 Å². The first-order valence-electron chi connectivity index (χ1n) is 12.3. The largest absolute Gasteiger partial charge is 0.389 e. The van der Waals surface area contributed by atoms with Crippen LogP contribution in [-0.4, -0.2) is 35.5 Å². The maximum atomic E-state index is 12.0. The van der Waals surface area contributed by atoms with Crippen LogP contribution in [0, 0.1) is 40.4 Å². The van der Waals surface area contributed by atoms with Gasteiger partial charge in [-0.15, -0.1) is 0 Å². The molecule has 2 saturated heterocycles. The zero-order chi connectivity index (χ0) is 21.8. The molecule has 3 saturated carbocycles. The van der Waals surface area contributed by atoms with Gasteiger partial charge in [0.1, 0.15) is 0 Å². The van der Waals surface area contributed by atoms with Gasteiger partial charge in [-0.2, -0.15) is 0 Å².